The molecule has 1 amide bonds. The summed E-state index contributed by atoms with van der Waals surface area (Å²) in [6.45, 7) is 7.79. The highest BCUT2D eigenvalue weighted by molar-refractivity contribution is 6.31. The number of alkyl carbamates (subject to hydrolysis) is 1. The van der Waals surface area contributed by atoms with E-state index in [0.29, 0.717) is 61.1 Å². The minimum Gasteiger partial charge on any atom is -0.444 e. The number of aromatic nitrogens is 6. The lowest BCUT2D eigenvalue weighted by Gasteiger charge is -2.38. The summed E-state index contributed by atoms with van der Waals surface area (Å²) >= 11 is 6.56. The average Bonchev–Trinajstić information content (AvgIpc) is 3.68. The standard InChI is InChI=1S/C33H37ClN8O5/c1-32(2,3)47-31(44)35-16-21-5-7-22(8-6-21)28-26-27(38-40(28)4)30(43)42(19-36-26)18-33(45)11-13-41(14-12-33)17-24-10-9-23(15-25(24)34)29-37-20-46-39-29/h5-10,15,19-20,45H,11-14,16-18H2,1-4H3,(H,35,44). The van der Waals surface area contributed by atoms with E-state index in [1.807, 2.05) is 63.2 Å². The van der Waals surface area contributed by atoms with Crippen LogP contribution < -0.4 is 10.9 Å². The Morgan fingerprint density at radius 1 is 1.09 bits per heavy atom. The first-order valence-electron chi connectivity index (χ1n) is 15.4. The molecule has 0 saturated carbocycles. The van der Waals surface area contributed by atoms with Gasteiger partial charge in [0.25, 0.3) is 5.56 Å². The highest BCUT2D eigenvalue weighted by atomic mass is 35.5. The molecule has 1 saturated heterocycles. The number of halogens is 1. The Hall–Kier alpha value is -4.59. The van der Waals surface area contributed by atoms with E-state index in [1.54, 1.807) is 11.7 Å². The molecule has 2 N–H and O–H groups in total. The summed E-state index contributed by atoms with van der Waals surface area (Å²) in [5, 5.41) is 23.2. The number of hydrogen-bond acceptors (Lipinski definition) is 10. The van der Waals surface area contributed by atoms with E-state index >= 15 is 0 Å². The summed E-state index contributed by atoms with van der Waals surface area (Å²) in [7, 11) is 1.77. The van der Waals surface area contributed by atoms with Gasteiger partial charge in [0, 0.05) is 49.4 Å². The van der Waals surface area contributed by atoms with Crippen molar-refractivity contribution in [2.24, 2.45) is 7.05 Å². The van der Waals surface area contributed by atoms with Crippen molar-refractivity contribution in [3.8, 4) is 22.6 Å². The van der Waals surface area contributed by atoms with Gasteiger partial charge in [-0.15, -0.1) is 0 Å². The molecule has 3 aromatic heterocycles. The molecule has 1 fully saturated rings. The Balaban J connectivity index is 1.10. The van der Waals surface area contributed by atoms with Crippen molar-refractivity contribution in [3.63, 3.8) is 0 Å². The van der Waals surface area contributed by atoms with Crippen LogP contribution in [0.15, 0.2) is 64.5 Å². The number of nitrogens with one attached hydrogen (secondary N) is 1. The van der Waals surface area contributed by atoms with Crippen LogP contribution in [0.1, 0.15) is 44.7 Å². The van der Waals surface area contributed by atoms with E-state index in [-0.39, 0.29) is 17.6 Å². The maximum Gasteiger partial charge on any atom is 0.407 e. The van der Waals surface area contributed by atoms with Gasteiger partial charge in [-0.25, -0.2) is 9.78 Å². The Morgan fingerprint density at radius 2 is 1.81 bits per heavy atom. The second kappa shape index (κ2) is 12.9. The minimum atomic E-state index is -1.07. The predicted molar refractivity (Wildman–Crippen MR) is 175 cm³/mol. The Kier molecular flexibility index (Phi) is 8.88. The first-order chi connectivity index (χ1) is 22.4. The van der Waals surface area contributed by atoms with E-state index in [1.165, 1.54) is 17.3 Å². The number of nitrogens with zero attached hydrogens (tertiary/aromatic N) is 7. The van der Waals surface area contributed by atoms with E-state index in [0.717, 1.165) is 22.3 Å². The molecule has 1 aliphatic rings. The van der Waals surface area contributed by atoms with Crippen LogP contribution in [-0.4, -0.2) is 69.9 Å². The minimum absolute atomic E-state index is 0.119. The number of aryl methyl sites for hydroxylation is 1. The molecule has 1 aliphatic heterocycles. The second-order valence-corrected chi connectivity index (χ2v) is 13.4. The van der Waals surface area contributed by atoms with Crippen LogP contribution in [-0.2, 0) is 31.4 Å². The molecule has 6 rings (SSSR count). The summed E-state index contributed by atoms with van der Waals surface area (Å²) in [5.74, 6) is 0.478. The molecule has 0 bridgehead atoms. The van der Waals surface area contributed by atoms with E-state index in [4.69, 9.17) is 20.9 Å². The lowest BCUT2D eigenvalue weighted by molar-refractivity contribution is -0.0364. The van der Waals surface area contributed by atoms with Crippen molar-refractivity contribution in [3.05, 3.63) is 81.7 Å². The molecule has 47 heavy (non-hydrogen) atoms. The van der Waals surface area contributed by atoms with Crippen LogP contribution in [0.3, 0.4) is 0 Å². The number of rotatable bonds is 8. The zero-order chi connectivity index (χ0) is 33.3. The highest BCUT2D eigenvalue weighted by Crippen LogP contribution is 2.29. The van der Waals surface area contributed by atoms with Gasteiger partial charge < -0.3 is 19.7 Å². The number of carbonyl (C=O) groups is 1. The molecule has 13 nitrogen and oxygen atoms in total. The molecule has 14 heteroatoms. The topological polar surface area (TPSA) is 153 Å². The zero-order valence-electron chi connectivity index (χ0n) is 26.7. The number of fused-ring (bicyclic) bond motifs is 1. The van der Waals surface area contributed by atoms with E-state index in [9.17, 15) is 14.7 Å². The number of likely N-dealkylation sites (tertiary alicyclic amines) is 1. The van der Waals surface area contributed by atoms with Gasteiger partial charge in [0.15, 0.2) is 5.52 Å². The molecule has 0 radical (unpaired) electrons. The third-order valence-electron chi connectivity index (χ3n) is 8.19. The molecule has 0 spiro atoms. The van der Waals surface area contributed by atoms with Crippen molar-refractivity contribution in [1.29, 1.82) is 0 Å². The lowest BCUT2D eigenvalue weighted by atomic mass is 9.91. The van der Waals surface area contributed by atoms with Crippen LogP contribution >= 0.6 is 11.6 Å². The fourth-order valence-corrected chi connectivity index (χ4v) is 6.00. The third kappa shape index (κ3) is 7.37. The zero-order valence-corrected chi connectivity index (χ0v) is 27.5. The van der Waals surface area contributed by atoms with Crippen molar-refractivity contribution in [1.82, 2.24) is 39.7 Å². The van der Waals surface area contributed by atoms with Crippen molar-refractivity contribution in [2.45, 2.75) is 64.4 Å². The normalized spacial score (nSPS) is 15.2. The van der Waals surface area contributed by atoms with Crippen molar-refractivity contribution < 1.29 is 19.2 Å². The van der Waals surface area contributed by atoms with Crippen molar-refractivity contribution in [2.75, 3.05) is 13.1 Å². The van der Waals surface area contributed by atoms with Gasteiger partial charge in [-0.05, 0) is 50.8 Å². The number of ether oxygens (including phenoxy) is 1. The monoisotopic (exact) mass is 660 g/mol. The van der Waals surface area contributed by atoms with Crippen LogP contribution in [0.5, 0.6) is 0 Å². The molecule has 0 atom stereocenters. The average molecular weight is 661 g/mol. The van der Waals surface area contributed by atoms with Gasteiger partial charge in [0.05, 0.1) is 24.2 Å². The number of amides is 1. The highest BCUT2D eigenvalue weighted by Gasteiger charge is 2.34. The van der Waals surface area contributed by atoms with Gasteiger partial charge in [0.1, 0.15) is 11.1 Å². The number of aliphatic hydroxyl groups is 1. The van der Waals surface area contributed by atoms with Gasteiger partial charge in [-0.3, -0.25) is 18.9 Å². The summed E-state index contributed by atoms with van der Waals surface area (Å²) < 4.78 is 13.2. The molecular weight excluding hydrogens is 624 g/mol. The first kappa shape index (κ1) is 32.4. The van der Waals surface area contributed by atoms with Crippen LogP contribution in [0.25, 0.3) is 33.7 Å². The lowest BCUT2D eigenvalue weighted by Crippen LogP contribution is -2.47. The quantitative estimate of drug-likeness (QED) is 0.242. The second-order valence-electron chi connectivity index (χ2n) is 13.0. The molecule has 2 aromatic carbocycles. The third-order valence-corrected chi connectivity index (χ3v) is 8.54. The van der Waals surface area contributed by atoms with Gasteiger partial charge in [0.2, 0.25) is 12.2 Å². The Labute approximate surface area is 276 Å². The molecule has 0 aliphatic carbocycles. The molecule has 246 valence electrons. The smallest absolute Gasteiger partial charge is 0.407 e. The Bertz CT molecular complexity index is 1940. The number of carbonyl (C=O) groups excluding carboxylic acids is 1. The molecule has 0 unspecified atom stereocenters. The largest absolute Gasteiger partial charge is 0.444 e. The summed E-state index contributed by atoms with van der Waals surface area (Å²) in [5.41, 5.74) is 2.94. The van der Waals surface area contributed by atoms with E-state index in [2.05, 4.69) is 30.4 Å². The van der Waals surface area contributed by atoms with Gasteiger partial charge >= 0.3 is 6.09 Å². The summed E-state index contributed by atoms with van der Waals surface area (Å²) in [4.78, 5) is 36.5. The van der Waals surface area contributed by atoms with E-state index < -0.39 is 17.3 Å². The van der Waals surface area contributed by atoms with Gasteiger partial charge in [-0.1, -0.05) is 53.2 Å². The number of piperidine rings is 1. The summed E-state index contributed by atoms with van der Waals surface area (Å²) in [6.07, 6.45) is 3.25. The number of benzene rings is 2. The molecular formula is C33H37ClN8O5. The van der Waals surface area contributed by atoms with Gasteiger partial charge in [-0.2, -0.15) is 10.1 Å². The Morgan fingerprint density at radius 3 is 2.47 bits per heavy atom. The fraction of sp³-hybridized carbons (Fsp3) is 0.394. The van der Waals surface area contributed by atoms with Crippen LogP contribution in [0.2, 0.25) is 5.02 Å². The van der Waals surface area contributed by atoms with Crippen molar-refractivity contribution >= 4 is 28.7 Å². The SMILES string of the molecule is Cn1nc2c(=O)n(CC3(O)CCN(Cc4ccc(-c5ncon5)cc4Cl)CC3)cnc2c1-c1ccc(CNC(=O)OC(C)(C)C)cc1. The van der Waals surface area contributed by atoms with Crippen LogP contribution in [0.4, 0.5) is 4.79 Å². The molecule has 5 aromatic rings. The summed E-state index contributed by atoms with van der Waals surface area (Å²) in [6, 6.07) is 13.3. The fourth-order valence-electron chi connectivity index (χ4n) is 5.76. The predicted octanol–water partition coefficient (Wildman–Crippen LogP) is 4.55. The molecule has 4 heterocycles. The maximum atomic E-state index is 13.5. The maximum absolute atomic E-state index is 13.5. The first-order valence-corrected chi connectivity index (χ1v) is 15.7. The number of hydrogen-bond donors (Lipinski definition) is 2. The van der Waals surface area contributed by atoms with Crippen LogP contribution in [0, 0.1) is 0 Å².